The molecule has 5 rings (SSSR count). The van der Waals surface area contributed by atoms with Crippen LogP contribution in [0.5, 0.6) is 0 Å². The molecule has 1 fully saturated rings. The number of morpholine rings is 1. The number of rotatable bonds is 4. The molecule has 164 valence electrons. The number of carbonyl (C=O) groups is 1. The third kappa shape index (κ3) is 3.50. The Morgan fingerprint density at radius 2 is 1.81 bits per heavy atom. The monoisotopic (exact) mass is 450 g/mol. The predicted molar refractivity (Wildman–Crippen MR) is 119 cm³/mol. The highest BCUT2D eigenvalue weighted by atomic mass is 32.2. The number of pyridine rings is 1. The summed E-state index contributed by atoms with van der Waals surface area (Å²) in [5.74, 6) is -0.435. The molecule has 0 radical (unpaired) electrons. The minimum atomic E-state index is -3.61. The summed E-state index contributed by atoms with van der Waals surface area (Å²) in [6.07, 6.45) is 0.420. The topological polar surface area (TPSA) is 85.8 Å². The van der Waals surface area contributed by atoms with Crippen LogP contribution in [0.4, 0.5) is 0 Å². The predicted octanol–water partition coefficient (Wildman–Crippen LogP) is 3.13. The van der Waals surface area contributed by atoms with Crippen molar-refractivity contribution >= 4 is 16.0 Å². The Morgan fingerprint density at radius 1 is 1.06 bits per heavy atom. The molecule has 3 aromatic rings. The largest absolute Gasteiger partial charge is 0.465 e. The van der Waals surface area contributed by atoms with Gasteiger partial charge in [0, 0.05) is 30.6 Å². The minimum Gasteiger partial charge on any atom is -0.465 e. The van der Waals surface area contributed by atoms with Gasteiger partial charge in [-0.2, -0.15) is 4.31 Å². The fourth-order valence-electron chi connectivity index (χ4n) is 4.26. The summed E-state index contributed by atoms with van der Waals surface area (Å²) >= 11 is 0. The number of hydrogen-bond acceptors (Lipinski definition) is 6. The van der Waals surface area contributed by atoms with Gasteiger partial charge in [-0.15, -0.1) is 0 Å². The lowest BCUT2D eigenvalue weighted by atomic mass is 10.0. The van der Waals surface area contributed by atoms with Crippen LogP contribution < -0.4 is 0 Å². The van der Waals surface area contributed by atoms with Crippen molar-refractivity contribution < 1.29 is 22.7 Å². The summed E-state index contributed by atoms with van der Waals surface area (Å²) in [4.78, 5) is 17.7. The van der Waals surface area contributed by atoms with Crippen molar-refractivity contribution in [3.63, 3.8) is 0 Å². The van der Waals surface area contributed by atoms with Gasteiger partial charge in [0.2, 0.25) is 10.0 Å². The number of carbonyl (C=O) groups excluding carboxylic acids is 1. The molecule has 0 N–H and O–H groups in total. The molecule has 0 unspecified atom stereocenters. The molecule has 2 heterocycles. The van der Waals surface area contributed by atoms with E-state index in [0.29, 0.717) is 49.7 Å². The lowest BCUT2D eigenvalue weighted by molar-refractivity contribution is 0.0599. The van der Waals surface area contributed by atoms with Gasteiger partial charge in [0.15, 0.2) is 0 Å². The summed E-state index contributed by atoms with van der Waals surface area (Å²) in [6, 6.07) is 16.5. The number of hydrogen-bond donors (Lipinski definition) is 0. The number of ether oxygens (including phenoxy) is 2. The molecule has 1 aliphatic carbocycles. The second-order valence-corrected chi connectivity index (χ2v) is 9.69. The molecule has 0 atom stereocenters. The zero-order chi connectivity index (χ0) is 22.3. The average Bonchev–Trinajstić information content (AvgIpc) is 3.22. The van der Waals surface area contributed by atoms with E-state index in [1.165, 1.54) is 11.4 Å². The van der Waals surface area contributed by atoms with Crippen molar-refractivity contribution in [2.24, 2.45) is 0 Å². The molecule has 32 heavy (non-hydrogen) atoms. The Morgan fingerprint density at radius 3 is 2.53 bits per heavy atom. The van der Waals surface area contributed by atoms with Gasteiger partial charge < -0.3 is 9.47 Å². The molecular weight excluding hydrogens is 428 g/mol. The number of esters is 1. The van der Waals surface area contributed by atoms with Crippen LogP contribution in [0.3, 0.4) is 0 Å². The third-order valence-electron chi connectivity index (χ3n) is 5.91. The van der Waals surface area contributed by atoms with Crippen LogP contribution in [0, 0.1) is 0 Å². The van der Waals surface area contributed by atoms with Crippen LogP contribution in [0.15, 0.2) is 59.5 Å². The second-order valence-electron chi connectivity index (χ2n) is 7.75. The SMILES string of the molecule is COC(=O)c1cc(-c2ccccc2)nc2c1Cc1cc(S(=O)(=O)N3CCOCC3)ccc1-2. The first-order chi connectivity index (χ1) is 15.5. The Bertz CT molecular complexity index is 1300. The van der Waals surface area contributed by atoms with Crippen LogP contribution in [0.2, 0.25) is 0 Å². The third-order valence-corrected chi connectivity index (χ3v) is 7.80. The van der Waals surface area contributed by atoms with E-state index in [9.17, 15) is 13.2 Å². The van der Waals surface area contributed by atoms with Crippen molar-refractivity contribution in [2.45, 2.75) is 11.3 Å². The van der Waals surface area contributed by atoms with E-state index >= 15 is 0 Å². The Balaban J connectivity index is 1.60. The van der Waals surface area contributed by atoms with Gasteiger partial charge in [0.25, 0.3) is 0 Å². The maximum absolute atomic E-state index is 13.1. The van der Waals surface area contributed by atoms with Gasteiger partial charge in [-0.05, 0) is 29.3 Å². The van der Waals surface area contributed by atoms with Gasteiger partial charge >= 0.3 is 5.97 Å². The normalized spacial score (nSPS) is 15.8. The number of aromatic nitrogens is 1. The van der Waals surface area contributed by atoms with Crippen LogP contribution in [-0.2, 0) is 25.9 Å². The molecule has 1 aromatic heterocycles. The van der Waals surface area contributed by atoms with Gasteiger partial charge in [0.1, 0.15) is 0 Å². The van der Waals surface area contributed by atoms with Crippen molar-refractivity contribution in [1.82, 2.24) is 9.29 Å². The molecule has 0 saturated carbocycles. The Labute approximate surface area is 186 Å². The highest BCUT2D eigenvalue weighted by molar-refractivity contribution is 7.89. The second kappa shape index (κ2) is 8.12. The lowest BCUT2D eigenvalue weighted by Gasteiger charge is -2.26. The standard InChI is InChI=1S/C24H22N2O5S/c1-30-24(27)21-15-22(16-5-3-2-4-6-16)25-23-19-8-7-18(13-17(19)14-20(21)23)32(28,29)26-9-11-31-12-10-26/h2-8,13,15H,9-12,14H2,1H3. The number of benzene rings is 2. The van der Waals surface area contributed by atoms with Crippen molar-refractivity contribution in [3.05, 3.63) is 71.3 Å². The summed E-state index contributed by atoms with van der Waals surface area (Å²) in [5.41, 5.74) is 5.12. The molecular formula is C24H22N2O5S. The summed E-state index contributed by atoms with van der Waals surface area (Å²) in [5, 5.41) is 0. The van der Waals surface area contributed by atoms with Gasteiger partial charge in [-0.3, -0.25) is 0 Å². The van der Waals surface area contributed by atoms with Crippen LogP contribution >= 0.6 is 0 Å². The van der Waals surface area contributed by atoms with Crippen LogP contribution in [0.25, 0.3) is 22.5 Å². The quantitative estimate of drug-likeness (QED) is 0.444. The molecule has 0 spiro atoms. The molecule has 0 amide bonds. The fraction of sp³-hybridized carbons (Fsp3) is 0.250. The zero-order valence-electron chi connectivity index (χ0n) is 17.6. The molecule has 1 saturated heterocycles. The molecule has 2 aliphatic rings. The van der Waals surface area contributed by atoms with Gasteiger partial charge in [-0.25, -0.2) is 18.2 Å². The van der Waals surface area contributed by atoms with E-state index in [1.807, 2.05) is 30.3 Å². The lowest BCUT2D eigenvalue weighted by Crippen LogP contribution is -2.40. The number of fused-ring (bicyclic) bond motifs is 3. The smallest absolute Gasteiger partial charge is 0.338 e. The maximum Gasteiger partial charge on any atom is 0.338 e. The Hall–Kier alpha value is -3.07. The van der Waals surface area contributed by atoms with E-state index in [2.05, 4.69) is 0 Å². The highest BCUT2D eigenvalue weighted by Crippen LogP contribution is 2.40. The fourth-order valence-corrected chi connectivity index (χ4v) is 5.72. The first-order valence-electron chi connectivity index (χ1n) is 10.4. The maximum atomic E-state index is 13.1. The first-order valence-corrected chi connectivity index (χ1v) is 11.8. The van der Waals surface area contributed by atoms with Gasteiger partial charge in [-0.1, -0.05) is 36.4 Å². The number of methoxy groups -OCH3 is 1. The molecule has 1 aliphatic heterocycles. The minimum absolute atomic E-state index is 0.244. The van der Waals surface area contributed by atoms with E-state index in [4.69, 9.17) is 14.5 Å². The molecule has 8 heteroatoms. The van der Waals surface area contributed by atoms with E-state index in [1.54, 1.807) is 24.3 Å². The van der Waals surface area contributed by atoms with Crippen molar-refractivity contribution in [1.29, 1.82) is 0 Å². The average molecular weight is 451 g/mol. The highest BCUT2D eigenvalue weighted by Gasteiger charge is 2.31. The van der Waals surface area contributed by atoms with Crippen LogP contribution in [-0.4, -0.2) is 57.1 Å². The number of nitrogens with zero attached hydrogens (tertiary/aromatic N) is 2. The molecule has 7 nitrogen and oxygen atoms in total. The van der Waals surface area contributed by atoms with Crippen LogP contribution in [0.1, 0.15) is 21.5 Å². The Kier molecular flexibility index (Phi) is 5.28. The van der Waals surface area contributed by atoms with E-state index in [-0.39, 0.29) is 4.90 Å². The zero-order valence-corrected chi connectivity index (χ0v) is 18.4. The molecule has 2 aromatic carbocycles. The number of sulfonamides is 1. The summed E-state index contributed by atoms with van der Waals surface area (Å²) in [6.45, 7) is 1.47. The summed E-state index contributed by atoms with van der Waals surface area (Å²) < 4.78 is 38.0. The summed E-state index contributed by atoms with van der Waals surface area (Å²) in [7, 11) is -2.26. The van der Waals surface area contributed by atoms with Crippen molar-refractivity contribution in [3.8, 4) is 22.5 Å². The van der Waals surface area contributed by atoms with Gasteiger partial charge in [0.05, 0.1) is 42.2 Å². The van der Waals surface area contributed by atoms with E-state index in [0.717, 1.165) is 22.3 Å². The van der Waals surface area contributed by atoms with Crippen molar-refractivity contribution in [2.75, 3.05) is 33.4 Å². The molecule has 0 bridgehead atoms. The van der Waals surface area contributed by atoms with E-state index < -0.39 is 16.0 Å². The first kappa shape index (κ1) is 20.8.